The predicted octanol–water partition coefficient (Wildman–Crippen LogP) is 3.83. The zero-order valence-corrected chi connectivity index (χ0v) is 19.0. The van der Waals surface area contributed by atoms with E-state index in [1.54, 1.807) is 0 Å². The van der Waals surface area contributed by atoms with Crippen molar-refractivity contribution in [1.82, 2.24) is 15.8 Å². The Kier molecular flexibility index (Phi) is 8.13. The Hall–Kier alpha value is -3.04. The van der Waals surface area contributed by atoms with Crippen molar-refractivity contribution in [3.05, 3.63) is 75.9 Å². The van der Waals surface area contributed by atoms with E-state index in [0.29, 0.717) is 22.2 Å². The van der Waals surface area contributed by atoms with Crippen molar-refractivity contribution in [2.24, 2.45) is 0 Å². The molecule has 1 fully saturated rings. The van der Waals surface area contributed by atoms with Gasteiger partial charge in [0.1, 0.15) is 10.1 Å². The number of thiocarbonyl (C=S) groups is 1. The average molecular weight is 472 g/mol. The molecule has 1 aliphatic heterocycles. The molecule has 0 bridgehead atoms. The van der Waals surface area contributed by atoms with E-state index in [9.17, 15) is 18.8 Å². The molecule has 9 heteroatoms. The van der Waals surface area contributed by atoms with Crippen LogP contribution in [0.4, 0.5) is 4.39 Å². The van der Waals surface area contributed by atoms with Gasteiger partial charge in [0.15, 0.2) is 0 Å². The summed E-state index contributed by atoms with van der Waals surface area (Å²) in [5.41, 5.74) is 6.96. The lowest BCUT2D eigenvalue weighted by Gasteiger charge is -2.14. The molecule has 2 aromatic carbocycles. The lowest BCUT2D eigenvalue weighted by atomic mass is 10.1. The number of nitrogens with one attached hydrogen (secondary N) is 2. The van der Waals surface area contributed by atoms with Crippen LogP contribution < -0.4 is 10.9 Å². The van der Waals surface area contributed by atoms with Crippen LogP contribution >= 0.6 is 24.0 Å². The second kappa shape index (κ2) is 11.0. The van der Waals surface area contributed by atoms with Crippen LogP contribution in [0.1, 0.15) is 41.3 Å². The first-order valence-electron chi connectivity index (χ1n) is 10.1. The first-order valence-corrected chi connectivity index (χ1v) is 11.3. The van der Waals surface area contributed by atoms with E-state index in [-0.39, 0.29) is 17.9 Å². The monoisotopic (exact) mass is 471 g/mol. The van der Waals surface area contributed by atoms with E-state index in [1.807, 2.05) is 30.3 Å². The maximum absolute atomic E-state index is 12.9. The van der Waals surface area contributed by atoms with Crippen molar-refractivity contribution in [2.75, 3.05) is 6.54 Å². The number of aryl methyl sites for hydroxylation is 1. The van der Waals surface area contributed by atoms with Gasteiger partial charge < -0.3 is 0 Å². The average Bonchev–Trinajstić information content (AvgIpc) is 3.05. The molecule has 1 heterocycles. The van der Waals surface area contributed by atoms with Gasteiger partial charge in [0.25, 0.3) is 11.8 Å². The number of carbonyl (C=O) groups is 3. The van der Waals surface area contributed by atoms with Crippen LogP contribution in [-0.4, -0.2) is 33.5 Å². The van der Waals surface area contributed by atoms with Crippen LogP contribution in [0, 0.1) is 5.82 Å². The summed E-state index contributed by atoms with van der Waals surface area (Å²) in [4.78, 5) is 38.6. The fraction of sp³-hybridized carbons (Fsp3) is 0.217. The molecular formula is C23H22FN3O3S2. The molecule has 32 heavy (non-hydrogen) atoms. The Labute approximate surface area is 195 Å². The molecule has 2 aromatic rings. The van der Waals surface area contributed by atoms with Gasteiger partial charge in [0.2, 0.25) is 5.91 Å². The number of halogens is 1. The third-order valence-corrected chi connectivity index (χ3v) is 6.14. The first kappa shape index (κ1) is 23.6. The Morgan fingerprint density at radius 1 is 1.09 bits per heavy atom. The zero-order chi connectivity index (χ0) is 23.1. The topological polar surface area (TPSA) is 78.5 Å². The first-order chi connectivity index (χ1) is 15.4. The Bertz CT molecular complexity index is 1050. The van der Waals surface area contributed by atoms with Gasteiger partial charge in [-0.1, -0.05) is 55.2 Å². The molecule has 1 aliphatic rings. The van der Waals surface area contributed by atoms with Crippen molar-refractivity contribution in [1.29, 1.82) is 0 Å². The summed E-state index contributed by atoms with van der Waals surface area (Å²) in [5.74, 6) is -1.58. The molecule has 6 nitrogen and oxygen atoms in total. The highest BCUT2D eigenvalue weighted by Gasteiger charge is 2.31. The van der Waals surface area contributed by atoms with Crippen LogP contribution in [0.5, 0.6) is 0 Å². The molecule has 1 saturated heterocycles. The molecule has 0 spiro atoms. The minimum Gasteiger partial charge on any atom is -0.293 e. The standard InChI is InChI=1S/C23H22FN3O3S2/c1-2-15-5-7-16(8-6-15)14-19-22(30)27(23(31)32-19)13-3-4-20(28)25-26-21(29)17-9-11-18(24)12-10-17/h5-12,14H,2-4,13H2,1H3,(H,25,28)(H,26,29)/b19-14-. The van der Waals surface area contributed by atoms with E-state index >= 15 is 0 Å². The number of nitrogens with zero attached hydrogens (tertiary/aromatic N) is 1. The zero-order valence-electron chi connectivity index (χ0n) is 17.4. The third kappa shape index (κ3) is 6.24. The lowest BCUT2D eigenvalue weighted by molar-refractivity contribution is -0.124. The largest absolute Gasteiger partial charge is 0.293 e. The van der Waals surface area contributed by atoms with Gasteiger partial charge in [0, 0.05) is 18.5 Å². The summed E-state index contributed by atoms with van der Waals surface area (Å²) in [5, 5.41) is 0. The summed E-state index contributed by atoms with van der Waals surface area (Å²) < 4.78 is 13.4. The van der Waals surface area contributed by atoms with Gasteiger partial charge in [0.05, 0.1) is 4.91 Å². The maximum Gasteiger partial charge on any atom is 0.269 e. The second-order valence-corrected chi connectivity index (χ2v) is 8.72. The quantitative estimate of drug-likeness (QED) is 0.365. The highest BCUT2D eigenvalue weighted by Crippen LogP contribution is 2.32. The number of carbonyl (C=O) groups excluding carboxylic acids is 3. The van der Waals surface area contributed by atoms with Crippen LogP contribution in [0.3, 0.4) is 0 Å². The van der Waals surface area contributed by atoms with Crippen LogP contribution in [0.25, 0.3) is 6.08 Å². The molecule has 166 valence electrons. The van der Waals surface area contributed by atoms with Crippen LogP contribution in [0.15, 0.2) is 53.4 Å². The number of hydrogen-bond donors (Lipinski definition) is 2. The van der Waals surface area contributed by atoms with Gasteiger partial charge in [-0.3, -0.25) is 30.1 Å². The van der Waals surface area contributed by atoms with Crippen molar-refractivity contribution >= 4 is 52.1 Å². The summed E-state index contributed by atoms with van der Waals surface area (Å²) in [6, 6.07) is 12.9. The van der Waals surface area contributed by atoms with Crippen LogP contribution in [0.2, 0.25) is 0 Å². The van der Waals surface area contributed by atoms with Crippen molar-refractivity contribution in [2.45, 2.75) is 26.2 Å². The van der Waals surface area contributed by atoms with Gasteiger partial charge in [-0.15, -0.1) is 0 Å². The molecule has 0 saturated carbocycles. The Morgan fingerprint density at radius 2 is 1.78 bits per heavy atom. The Balaban J connectivity index is 1.45. The minimum absolute atomic E-state index is 0.0955. The summed E-state index contributed by atoms with van der Waals surface area (Å²) in [6.07, 6.45) is 3.24. The normalized spacial score (nSPS) is 14.7. The van der Waals surface area contributed by atoms with Crippen molar-refractivity contribution in [3.63, 3.8) is 0 Å². The molecule has 0 unspecified atom stereocenters. The van der Waals surface area contributed by atoms with E-state index in [1.165, 1.54) is 34.4 Å². The number of benzene rings is 2. The molecule has 0 aromatic heterocycles. The molecule has 3 rings (SSSR count). The number of hydrazine groups is 1. The highest BCUT2D eigenvalue weighted by atomic mass is 32.2. The predicted molar refractivity (Wildman–Crippen MR) is 127 cm³/mol. The fourth-order valence-electron chi connectivity index (χ4n) is 2.95. The van der Waals surface area contributed by atoms with Gasteiger partial charge in [-0.25, -0.2) is 4.39 Å². The summed E-state index contributed by atoms with van der Waals surface area (Å²) in [7, 11) is 0. The molecule has 0 atom stereocenters. The molecule has 0 aliphatic carbocycles. The van der Waals surface area contributed by atoms with Crippen LogP contribution in [-0.2, 0) is 16.0 Å². The highest BCUT2D eigenvalue weighted by molar-refractivity contribution is 8.26. The van der Waals surface area contributed by atoms with E-state index < -0.39 is 17.6 Å². The second-order valence-electron chi connectivity index (χ2n) is 7.04. The van der Waals surface area contributed by atoms with E-state index in [4.69, 9.17) is 12.2 Å². The number of amides is 3. The third-order valence-electron chi connectivity index (χ3n) is 4.77. The smallest absolute Gasteiger partial charge is 0.269 e. The van der Waals surface area contributed by atoms with E-state index in [2.05, 4.69) is 17.8 Å². The molecule has 3 amide bonds. The lowest BCUT2D eigenvalue weighted by Crippen LogP contribution is -2.41. The van der Waals surface area contributed by atoms with Crippen molar-refractivity contribution < 1.29 is 18.8 Å². The molecule has 0 radical (unpaired) electrons. The summed E-state index contributed by atoms with van der Waals surface area (Å²) >= 11 is 6.56. The SMILES string of the molecule is CCc1ccc(/C=C2\SC(=S)N(CCCC(=O)NNC(=O)c3ccc(F)cc3)C2=O)cc1. The van der Waals surface area contributed by atoms with Crippen molar-refractivity contribution in [3.8, 4) is 0 Å². The van der Waals surface area contributed by atoms with Gasteiger partial charge in [-0.05, 0) is 54.3 Å². The number of thioether (sulfide) groups is 1. The molecule has 2 N–H and O–H groups in total. The van der Waals surface area contributed by atoms with E-state index in [0.717, 1.165) is 24.1 Å². The number of hydrogen-bond acceptors (Lipinski definition) is 5. The Morgan fingerprint density at radius 3 is 2.44 bits per heavy atom. The number of rotatable bonds is 7. The van der Waals surface area contributed by atoms with Gasteiger partial charge >= 0.3 is 0 Å². The summed E-state index contributed by atoms with van der Waals surface area (Å²) in [6.45, 7) is 2.38. The fourth-order valence-corrected chi connectivity index (χ4v) is 4.26. The van der Waals surface area contributed by atoms with Gasteiger partial charge in [-0.2, -0.15) is 0 Å². The molecular weight excluding hydrogens is 449 g/mol. The maximum atomic E-state index is 12.9. The minimum atomic E-state index is -0.549.